The number of aromatic nitrogens is 2. The molecular formula is C23H26N4O2. The van der Waals surface area contributed by atoms with Gasteiger partial charge in [0.15, 0.2) is 0 Å². The molecular weight excluding hydrogens is 364 g/mol. The summed E-state index contributed by atoms with van der Waals surface area (Å²) >= 11 is 0. The second-order valence-corrected chi connectivity index (χ2v) is 7.48. The summed E-state index contributed by atoms with van der Waals surface area (Å²) in [7, 11) is 1.69. The minimum absolute atomic E-state index is 0.0650. The summed E-state index contributed by atoms with van der Waals surface area (Å²) in [6, 6.07) is 14.3. The second-order valence-electron chi connectivity index (χ2n) is 7.48. The minimum Gasteiger partial charge on any atom is -0.496 e. The molecule has 6 nitrogen and oxygen atoms in total. The lowest BCUT2D eigenvalue weighted by atomic mass is 9.96. The van der Waals surface area contributed by atoms with Crippen molar-refractivity contribution in [2.24, 2.45) is 0 Å². The van der Waals surface area contributed by atoms with Gasteiger partial charge in [-0.25, -0.2) is 9.97 Å². The smallest absolute Gasteiger partial charge is 0.242 e. The third kappa shape index (κ3) is 3.88. The van der Waals surface area contributed by atoms with Crippen LogP contribution in [-0.2, 0) is 4.79 Å². The predicted octanol–water partition coefficient (Wildman–Crippen LogP) is 4.03. The van der Waals surface area contributed by atoms with Gasteiger partial charge in [0.2, 0.25) is 11.9 Å². The highest BCUT2D eigenvalue weighted by Crippen LogP contribution is 2.38. The number of likely N-dealkylation sites (tertiary alicyclic amines) is 1. The Bertz CT molecular complexity index is 1030. The number of hydrogen-bond donors (Lipinski definition) is 1. The first-order chi connectivity index (χ1) is 14.1. The maximum Gasteiger partial charge on any atom is 0.242 e. The van der Waals surface area contributed by atoms with Gasteiger partial charge < -0.3 is 15.0 Å². The predicted molar refractivity (Wildman–Crippen MR) is 114 cm³/mol. The molecule has 2 aromatic carbocycles. The van der Waals surface area contributed by atoms with Crippen LogP contribution in [0.25, 0.3) is 10.8 Å². The van der Waals surface area contributed by atoms with Gasteiger partial charge in [-0.05, 0) is 49.8 Å². The SMILES string of the molecule is COc1ccc([C@@H]2CCCN2C(=O)CNc2nc(C)cc(C)n2)c2ccccc12. The summed E-state index contributed by atoms with van der Waals surface area (Å²) in [4.78, 5) is 23.7. The van der Waals surface area contributed by atoms with Gasteiger partial charge in [-0.15, -0.1) is 0 Å². The topological polar surface area (TPSA) is 67.3 Å². The third-order valence-corrected chi connectivity index (χ3v) is 5.45. The molecule has 0 radical (unpaired) electrons. The first kappa shape index (κ1) is 19.2. The Morgan fingerprint density at radius 2 is 1.86 bits per heavy atom. The number of methoxy groups -OCH3 is 1. The van der Waals surface area contributed by atoms with Gasteiger partial charge in [-0.1, -0.05) is 30.3 Å². The van der Waals surface area contributed by atoms with Crippen molar-refractivity contribution in [3.63, 3.8) is 0 Å². The number of aryl methyl sites for hydroxylation is 2. The lowest BCUT2D eigenvalue weighted by Gasteiger charge is -2.26. The Labute approximate surface area is 170 Å². The van der Waals surface area contributed by atoms with Crippen LogP contribution in [0.5, 0.6) is 5.75 Å². The van der Waals surface area contributed by atoms with Crippen LogP contribution in [0.1, 0.15) is 35.8 Å². The van der Waals surface area contributed by atoms with Crippen LogP contribution in [0.2, 0.25) is 0 Å². The molecule has 2 heterocycles. The van der Waals surface area contributed by atoms with Crippen molar-refractivity contribution in [3.8, 4) is 5.75 Å². The fraction of sp³-hybridized carbons (Fsp3) is 0.348. The summed E-state index contributed by atoms with van der Waals surface area (Å²) in [6.07, 6.45) is 1.96. The van der Waals surface area contributed by atoms with Crippen LogP contribution >= 0.6 is 0 Å². The molecule has 0 saturated carbocycles. The van der Waals surface area contributed by atoms with Crippen LogP contribution in [0.4, 0.5) is 5.95 Å². The molecule has 0 aliphatic carbocycles. The van der Waals surface area contributed by atoms with Crippen LogP contribution in [0, 0.1) is 13.8 Å². The first-order valence-corrected chi connectivity index (χ1v) is 9.98. The molecule has 1 aliphatic rings. The lowest BCUT2D eigenvalue weighted by Crippen LogP contribution is -2.35. The monoisotopic (exact) mass is 390 g/mol. The van der Waals surface area contributed by atoms with Gasteiger partial charge in [0.05, 0.1) is 19.7 Å². The average molecular weight is 390 g/mol. The molecule has 0 bridgehead atoms. The average Bonchev–Trinajstić information content (AvgIpc) is 3.20. The van der Waals surface area contributed by atoms with E-state index in [1.807, 2.05) is 43.0 Å². The number of amides is 1. The zero-order valence-corrected chi connectivity index (χ0v) is 17.1. The molecule has 6 heteroatoms. The number of nitrogens with one attached hydrogen (secondary N) is 1. The van der Waals surface area contributed by atoms with Crippen LogP contribution in [0.3, 0.4) is 0 Å². The number of fused-ring (bicyclic) bond motifs is 1. The zero-order valence-electron chi connectivity index (χ0n) is 17.1. The highest BCUT2D eigenvalue weighted by molar-refractivity contribution is 5.92. The Kier molecular flexibility index (Phi) is 5.34. The van der Waals surface area contributed by atoms with Crippen molar-refractivity contribution >= 4 is 22.6 Å². The van der Waals surface area contributed by atoms with E-state index in [0.29, 0.717) is 5.95 Å². The van der Waals surface area contributed by atoms with Crippen molar-refractivity contribution in [3.05, 3.63) is 59.4 Å². The van der Waals surface area contributed by atoms with E-state index >= 15 is 0 Å². The molecule has 1 fully saturated rings. The summed E-state index contributed by atoms with van der Waals surface area (Å²) in [5, 5.41) is 5.32. The highest BCUT2D eigenvalue weighted by atomic mass is 16.5. The molecule has 1 amide bonds. The van der Waals surface area contributed by atoms with Crippen LogP contribution in [-0.4, -0.2) is 41.0 Å². The molecule has 29 heavy (non-hydrogen) atoms. The number of nitrogens with zero attached hydrogens (tertiary/aromatic N) is 3. The van der Waals surface area contributed by atoms with Crippen molar-refractivity contribution in [1.82, 2.24) is 14.9 Å². The first-order valence-electron chi connectivity index (χ1n) is 9.98. The molecule has 4 rings (SSSR count). The molecule has 1 aliphatic heterocycles. The van der Waals surface area contributed by atoms with E-state index in [2.05, 4.69) is 33.5 Å². The largest absolute Gasteiger partial charge is 0.496 e. The van der Waals surface area contributed by atoms with Crippen molar-refractivity contribution < 1.29 is 9.53 Å². The standard InChI is InChI=1S/C23H26N4O2/c1-15-13-16(2)26-23(25-15)24-14-22(28)27-12-6-9-20(27)18-10-11-21(29-3)19-8-5-4-7-17(18)19/h4-5,7-8,10-11,13,20H,6,9,12,14H2,1-3H3,(H,24,25,26)/t20-/m0/s1. The third-order valence-electron chi connectivity index (χ3n) is 5.45. The van der Waals surface area contributed by atoms with E-state index in [0.717, 1.165) is 47.3 Å². The summed E-state index contributed by atoms with van der Waals surface area (Å²) in [5.41, 5.74) is 2.95. The van der Waals surface area contributed by atoms with E-state index in [1.54, 1.807) is 7.11 Å². The van der Waals surface area contributed by atoms with E-state index in [-0.39, 0.29) is 18.5 Å². The molecule has 150 valence electrons. The number of carbonyl (C=O) groups excluding carboxylic acids is 1. The van der Waals surface area contributed by atoms with Gasteiger partial charge >= 0.3 is 0 Å². The van der Waals surface area contributed by atoms with E-state index in [4.69, 9.17) is 4.74 Å². The van der Waals surface area contributed by atoms with Gasteiger partial charge in [0.25, 0.3) is 0 Å². The minimum atomic E-state index is 0.0650. The van der Waals surface area contributed by atoms with Crippen molar-refractivity contribution in [2.45, 2.75) is 32.7 Å². The molecule has 1 saturated heterocycles. The fourth-order valence-corrected chi connectivity index (χ4v) is 4.21. The van der Waals surface area contributed by atoms with Gasteiger partial charge in [-0.3, -0.25) is 4.79 Å². The quantitative estimate of drug-likeness (QED) is 0.712. The maximum atomic E-state index is 13.0. The molecule has 1 atom stereocenters. The number of ether oxygens (including phenoxy) is 1. The van der Waals surface area contributed by atoms with Gasteiger partial charge in [-0.2, -0.15) is 0 Å². The van der Waals surface area contributed by atoms with E-state index in [9.17, 15) is 4.79 Å². The Morgan fingerprint density at radius 3 is 2.59 bits per heavy atom. The summed E-state index contributed by atoms with van der Waals surface area (Å²) in [6.45, 7) is 4.80. The normalized spacial score (nSPS) is 16.2. The second kappa shape index (κ2) is 8.07. The van der Waals surface area contributed by atoms with Crippen molar-refractivity contribution in [1.29, 1.82) is 0 Å². The Morgan fingerprint density at radius 1 is 1.14 bits per heavy atom. The molecule has 1 aromatic heterocycles. The number of rotatable bonds is 5. The Balaban J connectivity index is 1.56. The number of anilines is 1. The molecule has 0 spiro atoms. The van der Waals surface area contributed by atoms with Gasteiger partial charge in [0, 0.05) is 23.3 Å². The van der Waals surface area contributed by atoms with E-state index < -0.39 is 0 Å². The summed E-state index contributed by atoms with van der Waals surface area (Å²) < 4.78 is 5.52. The van der Waals surface area contributed by atoms with Crippen LogP contribution < -0.4 is 10.1 Å². The van der Waals surface area contributed by atoms with Crippen molar-refractivity contribution in [2.75, 3.05) is 25.5 Å². The molecule has 3 aromatic rings. The molecule has 0 unspecified atom stereocenters. The number of benzene rings is 2. The molecule has 1 N–H and O–H groups in total. The zero-order chi connectivity index (χ0) is 20.4. The van der Waals surface area contributed by atoms with Crippen LogP contribution in [0.15, 0.2) is 42.5 Å². The summed E-state index contributed by atoms with van der Waals surface area (Å²) in [5.74, 6) is 1.42. The number of carbonyl (C=O) groups is 1. The lowest BCUT2D eigenvalue weighted by molar-refractivity contribution is -0.130. The van der Waals surface area contributed by atoms with E-state index in [1.165, 1.54) is 5.56 Å². The fourth-order valence-electron chi connectivity index (χ4n) is 4.21. The Hall–Kier alpha value is -3.15. The highest BCUT2D eigenvalue weighted by Gasteiger charge is 2.31. The van der Waals surface area contributed by atoms with Gasteiger partial charge in [0.1, 0.15) is 5.75 Å². The maximum absolute atomic E-state index is 13.0. The number of hydrogen-bond acceptors (Lipinski definition) is 5.